The molecule has 1 aliphatic carbocycles. The Morgan fingerprint density at radius 2 is 1.73 bits per heavy atom. The first kappa shape index (κ1) is 15.0. The Balaban J connectivity index is 1.84. The number of hydrogen-bond acceptors (Lipinski definition) is 2. The lowest BCUT2D eigenvalue weighted by molar-refractivity contribution is 0.420. The Kier molecular flexibility index (Phi) is 3.40. The quantitative estimate of drug-likeness (QED) is 0.405. The Hall–Kier alpha value is -0.540. The molecule has 2 aromatic heterocycles. The highest BCUT2D eigenvalue weighted by molar-refractivity contribution is 7.26. The van der Waals surface area contributed by atoms with Crippen LogP contribution in [0.5, 0.6) is 0 Å². The summed E-state index contributed by atoms with van der Waals surface area (Å²) in [5.74, 6) is 0. The van der Waals surface area contributed by atoms with E-state index in [1.165, 1.54) is 30.3 Å². The Morgan fingerprint density at radius 1 is 1.00 bits per heavy atom. The van der Waals surface area contributed by atoms with Crippen molar-refractivity contribution in [3.05, 3.63) is 46.8 Å². The summed E-state index contributed by atoms with van der Waals surface area (Å²) >= 11 is 16.7. The van der Waals surface area contributed by atoms with E-state index in [4.69, 9.17) is 23.2 Å². The predicted octanol–water partition coefficient (Wildman–Crippen LogP) is 7.03. The summed E-state index contributed by atoms with van der Waals surface area (Å²) in [4.78, 5) is 4.02. The van der Waals surface area contributed by atoms with E-state index in [-0.39, 0.29) is 5.41 Å². The van der Waals surface area contributed by atoms with E-state index >= 15 is 0 Å². The third-order valence-electron chi connectivity index (χ3n) is 4.33. The monoisotopic (exact) mass is 366 g/mol. The molecule has 114 valence electrons. The number of hydrogen-bond donors (Lipinski definition) is 0. The third kappa shape index (κ3) is 2.50. The Labute approximate surface area is 148 Å². The molecule has 0 bridgehead atoms. The van der Waals surface area contributed by atoms with Gasteiger partial charge in [0.15, 0.2) is 0 Å². The molecule has 2 heterocycles. The fraction of sp³-hybridized carbons (Fsp3) is 0.333. The van der Waals surface area contributed by atoms with Crippen LogP contribution in [0.3, 0.4) is 0 Å². The van der Waals surface area contributed by atoms with E-state index in [0.717, 1.165) is 12.8 Å². The van der Waals surface area contributed by atoms with E-state index in [0.29, 0.717) is 0 Å². The summed E-state index contributed by atoms with van der Waals surface area (Å²) in [5.41, 5.74) is 1.45. The summed E-state index contributed by atoms with van der Waals surface area (Å²) in [5, 5.41) is 1.32. The van der Waals surface area contributed by atoms with Gasteiger partial charge in [0.25, 0.3) is 0 Å². The van der Waals surface area contributed by atoms with Crippen LogP contribution < -0.4 is 0 Å². The number of fused-ring (bicyclic) bond motifs is 2. The highest BCUT2D eigenvalue weighted by atomic mass is 35.5. The zero-order valence-electron chi connectivity index (χ0n) is 12.5. The summed E-state index contributed by atoms with van der Waals surface area (Å²) in [6.07, 6.45) is 1.56. The molecule has 0 N–H and O–H groups in total. The van der Waals surface area contributed by atoms with Crippen LogP contribution in [0.2, 0.25) is 0 Å². The van der Waals surface area contributed by atoms with Gasteiger partial charge in [-0.2, -0.15) is 0 Å². The van der Waals surface area contributed by atoms with E-state index in [1.807, 2.05) is 22.7 Å². The molecule has 0 fully saturated rings. The van der Waals surface area contributed by atoms with Crippen molar-refractivity contribution in [3.8, 4) is 9.75 Å². The zero-order chi connectivity index (χ0) is 15.5. The van der Waals surface area contributed by atoms with Crippen LogP contribution in [0.25, 0.3) is 19.8 Å². The molecule has 1 aromatic carbocycles. The van der Waals surface area contributed by atoms with Crippen LogP contribution in [0.4, 0.5) is 0 Å². The van der Waals surface area contributed by atoms with Crippen LogP contribution in [-0.4, -0.2) is 4.33 Å². The van der Waals surface area contributed by atoms with Crippen LogP contribution in [0.1, 0.15) is 30.7 Å². The third-order valence-corrected chi connectivity index (χ3v) is 7.31. The number of rotatable bonds is 1. The summed E-state index contributed by atoms with van der Waals surface area (Å²) in [7, 11) is 0. The highest BCUT2D eigenvalue weighted by Gasteiger charge is 2.42. The molecule has 3 aromatic rings. The van der Waals surface area contributed by atoms with Gasteiger partial charge in [0.1, 0.15) is 4.33 Å². The Bertz CT molecular complexity index is 822. The molecule has 0 radical (unpaired) electrons. The van der Waals surface area contributed by atoms with Gasteiger partial charge in [0, 0.05) is 25.8 Å². The van der Waals surface area contributed by atoms with E-state index < -0.39 is 4.33 Å². The number of halogens is 2. The van der Waals surface area contributed by atoms with Crippen LogP contribution >= 0.6 is 45.9 Å². The normalized spacial score (nSPS) is 19.3. The van der Waals surface area contributed by atoms with Gasteiger partial charge < -0.3 is 0 Å². The van der Waals surface area contributed by atoms with E-state index in [9.17, 15) is 0 Å². The molecule has 22 heavy (non-hydrogen) atoms. The molecule has 0 aliphatic heterocycles. The van der Waals surface area contributed by atoms with Crippen molar-refractivity contribution in [2.45, 2.75) is 36.4 Å². The van der Waals surface area contributed by atoms with Crippen molar-refractivity contribution in [1.29, 1.82) is 0 Å². The van der Waals surface area contributed by atoms with Gasteiger partial charge in [-0.3, -0.25) is 0 Å². The summed E-state index contributed by atoms with van der Waals surface area (Å²) in [6, 6.07) is 13.2. The van der Waals surface area contributed by atoms with Crippen LogP contribution in [-0.2, 0) is 11.8 Å². The van der Waals surface area contributed by atoms with Gasteiger partial charge in [0.2, 0.25) is 0 Å². The lowest BCUT2D eigenvalue weighted by Gasteiger charge is -2.37. The van der Waals surface area contributed by atoms with Crippen LogP contribution in [0, 0.1) is 0 Å². The van der Waals surface area contributed by atoms with Crippen molar-refractivity contribution in [2.24, 2.45) is 0 Å². The second kappa shape index (κ2) is 4.98. The molecule has 0 spiro atoms. The largest absolute Gasteiger partial charge is 0.139 e. The number of alkyl halides is 2. The fourth-order valence-electron chi connectivity index (χ4n) is 3.40. The van der Waals surface area contributed by atoms with Crippen molar-refractivity contribution in [3.63, 3.8) is 0 Å². The van der Waals surface area contributed by atoms with Gasteiger partial charge >= 0.3 is 0 Å². The first-order chi connectivity index (χ1) is 10.3. The fourth-order valence-corrected chi connectivity index (χ4v) is 7.08. The molecule has 4 heteroatoms. The summed E-state index contributed by atoms with van der Waals surface area (Å²) in [6.45, 7) is 4.48. The van der Waals surface area contributed by atoms with E-state index in [2.05, 4.69) is 50.2 Å². The van der Waals surface area contributed by atoms with Gasteiger partial charge in [-0.1, -0.05) is 32.0 Å². The van der Waals surface area contributed by atoms with Crippen molar-refractivity contribution >= 4 is 56.0 Å². The predicted molar refractivity (Wildman–Crippen MR) is 101 cm³/mol. The summed E-state index contributed by atoms with van der Waals surface area (Å²) < 4.78 is 0.700. The molecule has 0 atom stereocenters. The zero-order valence-corrected chi connectivity index (χ0v) is 15.6. The molecular formula is C18H16Cl2S2. The second-order valence-corrected chi connectivity index (χ2v) is 10.6. The van der Waals surface area contributed by atoms with E-state index in [1.54, 1.807) is 0 Å². The van der Waals surface area contributed by atoms with Gasteiger partial charge in [-0.05, 0) is 41.0 Å². The molecule has 0 saturated heterocycles. The molecule has 0 amide bonds. The van der Waals surface area contributed by atoms with Crippen LogP contribution in [0.15, 0.2) is 36.4 Å². The average molecular weight is 367 g/mol. The maximum absolute atomic E-state index is 6.48. The van der Waals surface area contributed by atoms with Crippen molar-refractivity contribution in [2.75, 3.05) is 0 Å². The maximum atomic E-state index is 6.48. The standard InChI is InChI=1S/C18H16Cl2S2/c1-17(2)10-18(19,20)9-16-12(17)8-15(22-16)14-7-11-5-3-4-6-13(11)21-14/h3-8H,9-10H2,1-2H3. The van der Waals surface area contributed by atoms with Gasteiger partial charge in [-0.25, -0.2) is 0 Å². The number of thiophene rings is 2. The molecule has 0 nitrogen and oxygen atoms in total. The topological polar surface area (TPSA) is 0 Å². The number of benzene rings is 1. The Morgan fingerprint density at radius 3 is 2.50 bits per heavy atom. The second-order valence-electron chi connectivity index (χ2n) is 6.69. The first-order valence-electron chi connectivity index (χ1n) is 7.34. The SMILES string of the molecule is CC1(C)CC(Cl)(Cl)Cc2sc(-c3cc4ccccc4s3)cc21. The average Bonchev–Trinajstić information content (AvgIpc) is 2.99. The smallest absolute Gasteiger partial charge is 0.124 e. The minimum Gasteiger partial charge on any atom is -0.139 e. The van der Waals surface area contributed by atoms with Gasteiger partial charge in [0.05, 0.1) is 0 Å². The molecular weight excluding hydrogens is 351 g/mol. The van der Waals surface area contributed by atoms with Crippen molar-refractivity contribution < 1.29 is 0 Å². The minimum atomic E-state index is -0.640. The lowest BCUT2D eigenvalue weighted by Crippen LogP contribution is -2.34. The molecule has 1 aliphatic rings. The molecule has 0 unspecified atom stereocenters. The lowest BCUT2D eigenvalue weighted by atomic mass is 9.75. The minimum absolute atomic E-state index is 0.0303. The maximum Gasteiger partial charge on any atom is 0.124 e. The van der Waals surface area contributed by atoms with Crippen molar-refractivity contribution in [1.82, 2.24) is 0 Å². The van der Waals surface area contributed by atoms with Gasteiger partial charge in [-0.15, -0.1) is 45.9 Å². The first-order valence-corrected chi connectivity index (χ1v) is 9.73. The molecule has 4 rings (SSSR count). The molecule has 0 saturated carbocycles. The highest BCUT2D eigenvalue weighted by Crippen LogP contribution is 2.51.